The fourth-order valence-corrected chi connectivity index (χ4v) is 0.641. The molecule has 1 rings (SSSR count). The van der Waals surface area contributed by atoms with E-state index < -0.39 is 0 Å². The SMILES string of the molecule is CC#CC#CC#C[C@H]1O[C@@H]1CO. The molecule has 1 heterocycles. The van der Waals surface area contributed by atoms with Crippen LogP contribution in [0.3, 0.4) is 0 Å². The zero-order valence-electron chi connectivity index (χ0n) is 6.72. The van der Waals surface area contributed by atoms with Crippen molar-refractivity contribution in [1.82, 2.24) is 0 Å². The molecule has 0 aliphatic carbocycles. The molecule has 0 unspecified atom stereocenters. The highest BCUT2D eigenvalue weighted by Gasteiger charge is 2.36. The molecule has 0 bridgehead atoms. The van der Waals surface area contributed by atoms with Gasteiger partial charge in [-0.15, -0.1) is 0 Å². The molecule has 0 aromatic carbocycles. The van der Waals surface area contributed by atoms with E-state index in [1.807, 2.05) is 0 Å². The van der Waals surface area contributed by atoms with E-state index in [1.54, 1.807) is 6.92 Å². The van der Waals surface area contributed by atoms with Crippen molar-refractivity contribution < 1.29 is 9.84 Å². The van der Waals surface area contributed by atoms with Crippen molar-refractivity contribution in [3.63, 3.8) is 0 Å². The number of ether oxygens (including phenoxy) is 1. The highest BCUT2D eigenvalue weighted by molar-refractivity contribution is 5.36. The van der Waals surface area contributed by atoms with Crippen LogP contribution in [0.25, 0.3) is 0 Å². The molecule has 1 aliphatic rings. The smallest absolute Gasteiger partial charge is 0.148 e. The average molecular weight is 160 g/mol. The van der Waals surface area contributed by atoms with Crippen LogP contribution in [0.4, 0.5) is 0 Å². The zero-order valence-corrected chi connectivity index (χ0v) is 6.72. The summed E-state index contributed by atoms with van der Waals surface area (Å²) in [5.41, 5.74) is 0. The molecule has 60 valence electrons. The summed E-state index contributed by atoms with van der Waals surface area (Å²) in [7, 11) is 0. The standard InChI is InChI=1S/C10H8O2/c1-2-3-4-5-6-7-9-10(8-11)12-9/h9-11H,8H2,1H3/t9-,10-/m1/s1. The second-order valence-electron chi connectivity index (χ2n) is 2.17. The third-order valence-electron chi connectivity index (χ3n) is 1.29. The summed E-state index contributed by atoms with van der Waals surface area (Å²) in [6.45, 7) is 1.75. The van der Waals surface area contributed by atoms with Crippen LogP contribution in [0, 0.1) is 35.5 Å². The van der Waals surface area contributed by atoms with Gasteiger partial charge in [0.25, 0.3) is 0 Å². The quantitative estimate of drug-likeness (QED) is 0.425. The zero-order chi connectivity index (χ0) is 8.81. The van der Waals surface area contributed by atoms with Crippen molar-refractivity contribution in [3.05, 3.63) is 0 Å². The molecule has 2 nitrogen and oxygen atoms in total. The van der Waals surface area contributed by atoms with E-state index in [9.17, 15) is 0 Å². The Labute approximate surface area is 71.9 Å². The minimum Gasteiger partial charge on any atom is -0.394 e. The first-order valence-corrected chi connectivity index (χ1v) is 3.57. The van der Waals surface area contributed by atoms with E-state index in [4.69, 9.17) is 9.84 Å². The van der Waals surface area contributed by atoms with Gasteiger partial charge < -0.3 is 9.84 Å². The molecule has 0 amide bonds. The minimum atomic E-state index is -0.126. The van der Waals surface area contributed by atoms with Gasteiger partial charge in [-0.25, -0.2) is 0 Å². The maximum Gasteiger partial charge on any atom is 0.148 e. The number of aliphatic hydroxyl groups is 1. The lowest BCUT2D eigenvalue weighted by atomic mass is 10.3. The van der Waals surface area contributed by atoms with Crippen molar-refractivity contribution in [2.75, 3.05) is 6.61 Å². The fourth-order valence-electron chi connectivity index (χ4n) is 0.641. The van der Waals surface area contributed by atoms with Crippen molar-refractivity contribution in [2.24, 2.45) is 0 Å². The van der Waals surface area contributed by atoms with E-state index in [2.05, 4.69) is 35.5 Å². The molecule has 0 radical (unpaired) electrons. The predicted octanol–water partition coefficient (Wildman–Crippen LogP) is -0.224. The van der Waals surface area contributed by atoms with Crippen molar-refractivity contribution >= 4 is 0 Å². The van der Waals surface area contributed by atoms with Gasteiger partial charge in [0, 0.05) is 0 Å². The van der Waals surface area contributed by atoms with Crippen molar-refractivity contribution in [1.29, 1.82) is 0 Å². The lowest BCUT2D eigenvalue weighted by Gasteiger charge is -1.73. The Hall–Kier alpha value is -1.40. The molecule has 0 spiro atoms. The number of hydrogen-bond acceptors (Lipinski definition) is 2. The Balaban J connectivity index is 2.31. The number of epoxide rings is 1. The molecule has 0 aromatic rings. The van der Waals surface area contributed by atoms with Crippen LogP contribution in [0.5, 0.6) is 0 Å². The lowest BCUT2D eigenvalue weighted by Crippen LogP contribution is -1.95. The summed E-state index contributed by atoms with van der Waals surface area (Å²) in [5, 5.41) is 8.57. The Morgan fingerprint density at radius 2 is 2.00 bits per heavy atom. The first kappa shape index (κ1) is 8.69. The van der Waals surface area contributed by atoms with Crippen molar-refractivity contribution in [3.8, 4) is 35.5 Å². The maximum atomic E-state index is 8.57. The van der Waals surface area contributed by atoms with Gasteiger partial charge >= 0.3 is 0 Å². The summed E-state index contributed by atoms with van der Waals surface area (Å²) in [5.74, 6) is 15.6. The molecule has 12 heavy (non-hydrogen) atoms. The van der Waals surface area contributed by atoms with Crippen LogP contribution in [0.2, 0.25) is 0 Å². The van der Waals surface area contributed by atoms with Crippen LogP contribution >= 0.6 is 0 Å². The predicted molar refractivity (Wildman–Crippen MR) is 44.7 cm³/mol. The Morgan fingerprint density at radius 3 is 2.58 bits per heavy atom. The summed E-state index contributed by atoms with van der Waals surface area (Å²) >= 11 is 0. The molecule has 1 N–H and O–H groups in total. The van der Waals surface area contributed by atoms with E-state index in [0.29, 0.717) is 0 Å². The van der Waals surface area contributed by atoms with Gasteiger partial charge in [0.05, 0.1) is 6.61 Å². The lowest BCUT2D eigenvalue weighted by molar-refractivity contribution is 0.243. The fraction of sp³-hybridized carbons (Fsp3) is 0.400. The topological polar surface area (TPSA) is 32.8 Å². The van der Waals surface area contributed by atoms with Gasteiger partial charge in [0.2, 0.25) is 0 Å². The normalized spacial score (nSPS) is 23.5. The number of aliphatic hydroxyl groups excluding tert-OH is 1. The Bertz CT molecular complexity index is 324. The van der Waals surface area contributed by atoms with Crippen LogP contribution in [-0.4, -0.2) is 23.9 Å². The van der Waals surface area contributed by atoms with Gasteiger partial charge in [-0.05, 0) is 30.6 Å². The first-order chi connectivity index (χ1) is 5.88. The summed E-state index contributed by atoms with van der Waals surface area (Å²) < 4.78 is 4.95. The Morgan fingerprint density at radius 1 is 1.25 bits per heavy atom. The molecule has 1 saturated heterocycles. The maximum absolute atomic E-state index is 8.57. The summed E-state index contributed by atoms with van der Waals surface area (Å²) in [6.07, 6.45) is -0.226. The highest BCUT2D eigenvalue weighted by atomic mass is 16.6. The van der Waals surface area contributed by atoms with Crippen molar-refractivity contribution in [2.45, 2.75) is 19.1 Å². The Kier molecular flexibility index (Phi) is 3.24. The van der Waals surface area contributed by atoms with Crippen LogP contribution in [0.1, 0.15) is 6.92 Å². The highest BCUT2D eigenvalue weighted by Crippen LogP contribution is 2.19. The largest absolute Gasteiger partial charge is 0.394 e. The van der Waals surface area contributed by atoms with Crippen LogP contribution < -0.4 is 0 Å². The molecule has 1 fully saturated rings. The van der Waals surface area contributed by atoms with Gasteiger partial charge in [0.1, 0.15) is 12.2 Å². The molecule has 1 aliphatic heterocycles. The second kappa shape index (κ2) is 4.47. The molecular weight excluding hydrogens is 152 g/mol. The number of hydrogen-bond donors (Lipinski definition) is 1. The molecule has 0 saturated carbocycles. The monoisotopic (exact) mass is 160 g/mol. The molecular formula is C10H8O2. The summed E-state index contributed by atoms with van der Waals surface area (Å²) in [4.78, 5) is 0. The minimum absolute atomic E-state index is 0.0293. The van der Waals surface area contributed by atoms with Crippen LogP contribution in [-0.2, 0) is 4.74 Å². The summed E-state index contributed by atoms with van der Waals surface area (Å²) in [6, 6.07) is 0. The van der Waals surface area contributed by atoms with E-state index in [1.165, 1.54) is 0 Å². The second-order valence-corrected chi connectivity index (χ2v) is 2.17. The van der Waals surface area contributed by atoms with Gasteiger partial charge in [-0.3, -0.25) is 0 Å². The van der Waals surface area contributed by atoms with E-state index in [-0.39, 0.29) is 18.8 Å². The molecule has 2 heteroatoms. The number of rotatable bonds is 1. The van der Waals surface area contributed by atoms with Gasteiger partial charge in [-0.2, -0.15) is 0 Å². The van der Waals surface area contributed by atoms with E-state index in [0.717, 1.165) is 0 Å². The third-order valence-corrected chi connectivity index (χ3v) is 1.29. The first-order valence-electron chi connectivity index (χ1n) is 3.57. The molecule has 2 atom stereocenters. The van der Waals surface area contributed by atoms with Gasteiger partial charge in [-0.1, -0.05) is 11.8 Å². The third kappa shape index (κ3) is 2.69. The van der Waals surface area contributed by atoms with Gasteiger partial charge in [0.15, 0.2) is 0 Å². The van der Waals surface area contributed by atoms with E-state index >= 15 is 0 Å². The average Bonchev–Trinajstić information content (AvgIpc) is 2.83. The molecule has 0 aromatic heterocycles. The van der Waals surface area contributed by atoms with Crippen LogP contribution in [0.15, 0.2) is 0 Å².